The molecule has 0 fully saturated rings. The predicted octanol–water partition coefficient (Wildman–Crippen LogP) is 0.0791. The van der Waals surface area contributed by atoms with Crippen molar-refractivity contribution in [3.05, 3.63) is 45.2 Å². The van der Waals surface area contributed by atoms with Crippen LogP contribution in [0.25, 0.3) is 11.1 Å². The molecular formula is C10H11N3O2. The number of rotatable bonds is 1. The van der Waals surface area contributed by atoms with Gasteiger partial charge in [0.15, 0.2) is 0 Å². The molecule has 0 spiro atoms. The van der Waals surface area contributed by atoms with E-state index >= 15 is 0 Å². The molecule has 5 nitrogen and oxygen atoms in total. The van der Waals surface area contributed by atoms with Gasteiger partial charge in [-0.15, -0.1) is 0 Å². The highest BCUT2D eigenvalue weighted by Gasteiger charge is 2.05. The third-order valence-corrected chi connectivity index (χ3v) is 2.24. The summed E-state index contributed by atoms with van der Waals surface area (Å²) in [5.41, 5.74) is 1.05. The molecule has 0 radical (unpaired) electrons. The first kappa shape index (κ1) is 9.51. The molecule has 2 rings (SSSR count). The minimum Gasteiger partial charge on any atom is -0.318 e. The Morgan fingerprint density at radius 2 is 1.87 bits per heavy atom. The molecule has 0 atom stereocenters. The fourth-order valence-electron chi connectivity index (χ4n) is 1.46. The molecule has 0 aliphatic heterocycles. The van der Waals surface area contributed by atoms with E-state index in [1.807, 2.05) is 0 Å². The molecule has 0 unspecified atom stereocenters. The number of aromatic nitrogens is 3. The molecule has 0 aliphatic carbocycles. The van der Waals surface area contributed by atoms with Crippen molar-refractivity contribution in [2.24, 2.45) is 14.1 Å². The average molecular weight is 205 g/mol. The van der Waals surface area contributed by atoms with Gasteiger partial charge < -0.3 is 4.57 Å². The van der Waals surface area contributed by atoms with Crippen LogP contribution in [0.3, 0.4) is 0 Å². The minimum atomic E-state index is -0.156. The van der Waals surface area contributed by atoms with Crippen molar-refractivity contribution >= 4 is 0 Å². The third-order valence-electron chi connectivity index (χ3n) is 2.24. The number of aryl methyl sites for hydroxylation is 2. The summed E-state index contributed by atoms with van der Waals surface area (Å²) in [5, 5.41) is 2.61. The van der Waals surface area contributed by atoms with Gasteiger partial charge in [0, 0.05) is 38.1 Å². The summed E-state index contributed by atoms with van der Waals surface area (Å²) in [7, 11) is 3.40. The van der Waals surface area contributed by atoms with Crippen molar-refractivity contribution in [3.63, 3.8) is 0 Å². The molecule has 0 bridgehead atoms. The van der Waals surface area contributed by atoms with Gasteiger partial charge in [0.1, 0.15) is 0 Å². The van der Waals surface area contributed by atoms with Crippen LogP contribution in [0.2, 0.25) is 0 Å². The van der Waals surface area contributed by atoms with E-state index in [-0.39, 0.29) is 11.1 Å². The van der Waals surface area contributed by atoms with Gasteiger partial charge in [-0.25, -0.2) is 0 Å². The Hall–Kier alpha value is -2.04. The van der Waals surface area contributed by atoms with E-state index < -0.39 is 0 Å². The zero-order valence-corrected chi connectivity index (χ0v) is 8.52. The van der Waals surface area contributed by atoms with E-state index in [1.165, 1.54) is 10.6 Å². The fraction of sp³-hybridized carbons (Fsp3) is 0.200. The van der Waals surface area contributed by atoms with Crippen LogP contribution >= 0.6 is 0 Å². The van der Waals surface area contributed by atoms with Crippen LogP contribution in [0.15, 0.2) is 34.1 Å². The molecule has 2 aromatic heterocycles. The van der Waals surface area contributed by atoms with E-state index in [4.69, 9.17) is 0 Å². The Bertz CT molecular complexity index is 604. The lowest BCUT2D eigenvalue weighted by Gasteiger charge is -1.99. The second-order valence-corrected chi connectivity index (χ2v) is 3.46. The van der Waals surface area contributed by atoms with Crippen LogP contribution < -0.4 is 11.1 Å². The average Bonchev–Trinajstić information content (AvgIpc) is 2.50. The molecule has 5 heteroatoms. The number of nitrogens with zero attached hydrogens (tertiary/aromatic N) is 2. The topological polar surface area (TPSA) is 59.8 Å². The minimum absolute atomic E-state index is 0.0916. The summed E-state index contributed by atoms with van der Waals surface area (Å²) < 4.78 is 3.03. The van der Waals surface area contributed by atoms with Crippen molar-refractivity contribution in [3.8, 4) is 11.1 Å². The van der Waals surface area contributed by atoms with Gasteiger partial charge >= 0.3 is 0 Å². The van der Waals surface area contributed by atoms with Gasteiger partial charge in [-0.1, -0.05) is 0 Å². The Balaban J connectivity index is 2.64. The smallest absolute Gasteiger partial charge is 0.271 e. The van der Waals surface area contributed by atoms with E-state index in [9.17, 15) is 9.59 Å². The molecule has 0 amide bonds. The van der Waals surface area contributed by atoms with Crippen LogP contribution in [0.1, 0.15) is 0 Å². The Morgan fingerprint density at radius 3 is 2.40 bits per heavy atom. The highest BCUT2D eigenvalue weighted by molar-refractivity contribution is 5.60. The first-order chi connectivity index (χ1) is 7.08. The van der Waals surface area contributed by atoms with E-state index in [0.717, 1.165) is 5.56 Å². The largest absolute Gasteiger partial charge is 0.318 e. The predicted molar refractivity (Wildman–Crippen MR) is 56.7 cm³/mol. The van der Waals surface area contributed by atoms with Crippen LogP contribution in [-0.2, 0) is 14.1 Å². The highest BCUT2D eigenvalue weighted by Crippen LogP contribution is 2.11. The standard InChI is InChI=1S/C10H11N3O2/c1-12-5-7(3-4-9(12)14)8-6-13(2)11-10(8)15/h3-6H,1-2H3,(H,11,15). The first-order valence-electron chi connectivity index (χ1n) is 4.50. The number of hydrogen-bond acceptors (Lipinski definition) is 2. The van der Waals surface area contributed by atoms with Gasteiger partial charge in [0.05, 0.1) is 5.56 Å². The maximum absolute atomic E-state index is 11.5. The lowest BCUT2D eigenvalue weighted by Crippen LogP contribution is -2.14. The van der Waals surface area contributed by atoms with Crippen molar-refractivity contribution in [2.45, 2.75) is 0 Å². The van der Waals surface area contributed by atoms with Crippen LogP contribution in [-0.4, -0.2) is 14.3 Å². The zero-order valence-electron chi connectivity index (χ0n) is 8.52. The summed E-state index contributed by atoms with van der Waals surface area (Å²) in [6.45, 7) is 0. The summed E-state index contributed by atoms with van der Waals surface area (Å²) in [6, 6.07) is 3.09. The molecule has 0 saturated heterocycles. The molecule has 15 heavy (non-hydrogen) atoms. The zero-order chi connectivity index (χ0) is 11.0. The van der Waals surface area contributed by atoms with Gasteiger partial charge in [-0.05, 0) is 6.07 Å². The number of pyridine rings is 1. The first-order valence-corrected chi connectivity index (χ1v) is 4.50. The Morgan fingerprint density at radius 1 is 1.13 bits per heavy atom. The van der Waals surface area contributed by atoms with Crippen molar-refractivity contribution in [1.82, 2.24) is 14.3 Å². The maximum Gasteiger partial charge on any atom is 0.271 e. The lowest BCUT2D eigenvalue weighted by molar-refractivity contribution is 0.756. The van der Waals surface area contributed by atoms with E-state index in [1.54, 1.807) is 37.2 Å². The number of H-pyrrole nitrogens is 1. The number of aromatic amines is 1. The normalized spacial score (nSPS) is 10.5. The van der Waals surface area contributed by atoms with Gasteiger partial charge in [-0.2, -0.15) is 0 Å². The van der Waals surface area contributed by atoms with Crippen LogP contribution in [0, 0.1) is 0 Å². The molecule has 2 heterocycles. The lowest BCUT2D eigenvalue weighted by atomic mass is 10.1. The van der Waals surface area contributed by atoms with Gasteiger partial charge in [-0.3, -0.25) is 19.4 Å². The molecule has 0 saturated carbocycles. The van der Waals surface area contributed by atoms with Gasteiger partial charge in [0.25, 0.3) is 5.56 Å². The molecule has 78 valence electrons. The quantitative estimate of drug-likeness (QED) is 0.716. The number of hydrogen-bond donors (Lipinski definition) is 1. The second-order valence-electron chi connectivity index (χ2n) is 3.46. The molecule has 2 aromatic rings. The van der Waals surface area contributed by atoms with Crippen LogP contribution in [0.4, 0.5) is 0 Å². The summed E-state index contributed by atoms with van der Waals surface area (Å²) in [5.74, 6) is 0. The Kier molecular flexibility index (Phi) is 2.07. The highest BCUT2D eigenvalue weighted by atomic mass is 16.1. The summed E-state index contributed by atoms with van der Waals surface area (Å²) in [6.07, 6.45) is 3.34. The van der Waals surface area contributed by atoms with Crippen molar-refractivity contribution in [2.75, 3.05) is 0 Å². The number of nitrogens with one attached hydrogen (secondary N) is 1. The maximum atomic E-state index is 11.5. The fourth-order valence-corrected chi connectivity index (χ4v) is 1.46. The van der Waals surface area contributed by atoms with E-state index in [0.29, 0.717) is 5.56 Å². The second kappa shape index (κ2) is 3.27. The summed E-state index contributed by atoms with van der Waals surface area (Å²) >= 11 is 0. The SMILES string of the molecule is Cn1cc(-c2ccc(=O)n(C)c2)c(=O)[nH]1. The van der Waals surface area contributed by atoms with Crippen LogP contribution in [0.5, 0.6) is 0 Å². The summed E-state index contributed by atoms with van der Waals surface area (Å²) in [4.78, 5) is 22.6. The third kappa shape index (κ3) is 1.63. The van der Waals surface area contributed by atoms with Crippen molar-refractivity contribution in [1.29, 1.82) is 0 Å². The molecule has 0 aliphatic rings. The Labute approximate surface area is 85.6 Å². The van der Waals surface area contributed by atoms with Gasteiger partial charge in [0.2, 0.25) is 5.56 Å². The monoisotopic (exact) mass is 205 g/mol. The molecule has 1 N–H and O–H groups in total. The molecule has 0 aromatic carbocycles. The van der Waals surface area contributed by atoms with Crippen molar-refractivity contribution < 1.29 is 0 Å². The van der Waals surface area contributed by atoms with E-state index in [2.05, 4.69) is 5.10 Å². The molecular weight excluding hydrogens is 194 g/mol.